The number of Topliss-reactive ketones (excluding diaryl/α,β-unsaturated/α-hetero) is 1. The van der Waals surface area contributed by atoms with Crippen LogP contribution in [0.1, 0.15) is 23.7 Å². The Balaban J connectivity index is 1.55. The van der Waals surface area contributed by atoms with Crippen LogP contribution in [-0.2, 0) is 16.1 Å². The number of carbonyl (C=O) groups excluding carboxylic acids is 2. The molecule has 8 nitrogen and oxygen atoms in total. The van der Waals surface area contributed by atoms with E-state index in [4.69, 9.17) is 9.47 Å². The summed E-state index contributed by atoms with van der Waals surface area (Å²) in [4.78, 5) is 42.1. The minimum Gasteiger partial charge on any atom is -0.482 e. The van der Waals surface area contributed by atoms with Crippen LogP contribution in [0, 0.1) is 0 Å². The highest BCUT2D eigenvalue weighted by molar-refractivity contribution is 7.99. The number of fused-ring (bicyclic) bond motifs is 2. The summed E-state index contributed by atoms with van der Waals surface area (Å²) in [7, 11) is 0. The molecule has 166 valence electrons. The van der Waals surface area contributed by atoms with Crippen LogP contribution in [0.4, 0.5) is 5.69 Å². The molecule has 1 aromatic heterocycles. The van der Waals surface area contributed by atoms with Gasteiger partial charge >= 0.3 is 0 Å². The van der Waals surface area contributed by atoms with Crippen LogP contribution in [0.25, 0.3) is 10.9 Å². The van der Waals surface area contributed by atoms with E-state index >= 15 is 0 Å². The summed E-state index contributed by atoms with van der Waals surface area (Å²) in [6.45, 7) is 3.50. The van der Waals surface area contributed by atoms with Gasteiger partial charge in [-0.25, -0.2) is 4.98 Å². The quantitative estimate of drug-likeness (QED) is 0.230. The van der Waals surface area contributed by atoms with Gasteiger partial charge in [0.05, 0.1) is 22.3 Å². The Morgan fingerprint density at radius 3 is 2.94 bits per heavy atom. The highest BCUT2D eigenvalue weighted by Gasteiger charge is 2.19. The monoisotopic (exact) mass is 453 g/mol. The molecule has 32 heavy (non-hydrogen) atoms. The Hall–Kier alpha value is -3.17. The number of anilines is 1. The number of thioether (sulfide) groups is 1. The number of nitrogens with zero attached hydrogens (tertiary/aromatic N) is 2. The molecule has 0 unspecified atom stereocenters. The summed E-state index contributed by atoms with van der Waals surface area (Å²) >= 11 is 1.22. The van der Waals surface area contributed by atoms with E-state index in [1.54, 1.807) is 34.9 Å². The van der Waals surface area contributed by atoms with Gasteiger partial charge in [0.2, 0.25) is 0 Å². The van der Waals surface area contributed by atoms with E-state index in [-0.39, 0.29) is 29.6 Å². The number of para-hydroxylation sites is 1. The Morgan fingerprint density at radius 2 is 2.09 bits per heavy atom. The van der Waals surface area contributed by atoms with E-state index in [1.807, 2.05) is 19.1 Å². The number of aromatic nitrogens is 2. The number of hydrogen-bond donors (Lipinski definition) is 1. The Kier molecular flexibility index (Phi) is 6.87. The molecule has 0 saturated carbocycles. The van der Waals surface area contributed by atoms with Gasteiger partial charge in [-0.05, 0) is 43.7 Å². The van der Waals surface area contributed by atoms with Crippen molar-refractivity contribution in [3.63, 3.8) is 0 Å². The largest absolute Gasteiger partial charge is 0.482 e. The lowest BCUT2D eigenvalue weighted by Gasteiger charge is -2.18. The average Bonchev–Trinajstić information content (AvgIpc) is 2.81. The molecule has 0 saturated heterocycles. The highest BCUT2D eigenvalue weighted by Crippen LogP contribution is 2.29. The van der Waals surface area contributed by atoms with Crippen LogP contribution in [-0.4, -0.2) is 46.8 Å². The molecular formula is C23H23N3O5S. The fraction of sp³-hybridized carbons (Fsp3) is 0.304. The smallest absolute Gasteiger partial charge is 0.262 e. The van der Waals surface area contributed by atoms with Crippen molar-refractivity contribution in [1.29, 1.82) is 0 Å². The molecule has 0 spiro atoms. The van der Waals surface area contributed by atoms with Crippen molar-refractivity contribution in [3.05, 3.63) is 58.4 Å². The van der Waals surface area contributed by atoms with Crippen LogP contribution in [0.5, 0.6) is 5.75 Å². The second kappa shape index (κ2) is 9.97. The first-order valence-corrected chi connectivity index (χ1v) is 11.4. The van der Waals surface area contributed by atoms with Gasteiger partial charge in [-0.15, -0.1) is 0 Å². The van der Waals surface area contributed by atoms with Crippen molar-refractivity contribution in [2.24, 2.45) is 0 Å². The summed E-state index contributed by atoms with van der Waals surface area (Å²) in [5.74, 6) is 0.242. The average molecular weight is 454 g/mol. The summed E-state index contributed by atoms with van der Waals surface area (Å²) < 4.78 is 12.3. The zero-order chi connectivity index (χ0) is 22.5. The van der Waals surface area contributed by atoms with Crippen LogP contribution >= 0.6 is 11.8 Å². The number of amides is 1. The fourth-order valence-corrected chi connectivity index (χ4v) is 4.31. The molecular weight excluding hydrogens is 430 g/mol. The van der Waals surface area contributed by atoms with E-state index in [9.17, 15) is 14.4 Å². The first-order valence-electron chi connectivity index (χ1n) is 10.4. The maximum atomic E-state index is 13.0. The number of hydrogen-bond acceptors (Lipinski definition) is 7. The van der Waals surface area contributed by atoms with Crippen molar-refractivity contribution in [2.45, 2.75) is 25.0 Å². The third-order valence-electron chi connectivity index (χ3n) is 4.97. The molecule has 0 bridgehead atoms. The topological polar surface area (TPSA) is 99.5 Å². The normalized spacial score (nSPS) is 12.8. The highest BCUT2D eigenvalue weighted by atomic mass is 32.2. The Bertz CT molecular complexity index is 1220. The lowest BCUT2D eigenvalue weighted by Crippen LogP contribution is -2.25. The second-order valence-corrected chi connectivity index (χ2v) is 8.12. The summed E-state index contributed by atoms with van der Waals surface area (Å²) in [6.07, 6.45) is 0.666. The molecule has 0 aliphatic carbocycles. The van der Waals surface area contributed by atoms with Crippen LogP contribution in [0.2, 0.25) is 0 Å². The third kappa shape index (κ3) is 4.84. The van der Waals surface area contributed by atoms with Crippen LogP contribution in [0.3, 0.4) is 0 Å². The molecule has 2 heterocycles. The summed E-state index contributed by atoms with van der Waals surface area (Å²) in [5, 5.41) is 3.75. The van der Waals surface area contributed by atoms with Gasteiger partial charge in [-0.2, -0.15) is 0 Å². The fourth-order valence-electron chi connectivity index (χ4n) is 3.39. The molecule has 0 atom stereocenters. The number of benzene rings is 2. The number of rotatable bonds is 9. The number of ketones is 1. The van der Waals surface area contributed by atoms with Gasteiger partial charge in [0.1, 0.15) is 5.75 Å². The van der Waals surface area contributed by atoms with Crippen molar-refractivity contribution >= 4 is 40.0 Å². The van der Waals surface area contributed by atoms with Crippen molar-refractivity contribution in [3.8, 4) is 5.75 Å². The van der Waals surface area contributed by atoms with E-state index in [0.29, 0.717) is 59.2 Å². The SMILES string of the molecule is CCOCCCn1c(SCC(=O)c2ccc3c(c2)NC(=O)CO3)nc2ccccc2c1=O. The van der Waals surface area contributed by atoms with Crippen molar-refractivity contribution in [2.75, 3.05) is 30.9 Å². The third-order valence-corrected chi connectivity index (χ3v) is 5.94. The lowest BCUT2D eigenvalue weighted by molar-refractivity contribution is -0.118. The van der Waals surface area contributed by atoms with Crippen molar-refractivity contribution < 1.29 is 19.1 Å². The van der Waals surface area contributed by atoms with Gasteiger partial charge in [-0.3, -0.25) is 19.0 Å². The summed E-state index contributed by atoms with van der Waals surface area (Å²) in [5.41, 5.74) is 1.40. The van der Waals surface area contributed by atoms with Crippen molar-refractivity contribution in [1.82, 2.24) is 9.55 Å². The lowest BCUT2D eigenvalue weighted by atomic mass is 10.1. The molecule has 0 radical (unpaired) electrons. The van der Waals surface area contributed by atoms with E-state index in [1.165, 1.54) is 11.8 Å². The van der Waals surface area contributed by atoms with Gasteiger partial charge in [-0.1, -0.05) is 23.9 Å². The molecule has 1 amide bonds. The molecule has 4 rings (SSSR count). The Labute approximate surface area is 188 Å². The predicted octanol–water partition coefficient (Wildman–Crippen LogP) is 3.13. The van der Waals surface area contributed by atoms with Crippen LogP contribution in [0.15, 0.2) is 52.4 Å². The molecule has 3 aromatic rings. The van der Waals surface area contributed by atoms with E-state index in [2.05, 4.69) is 10.3 Å². The molecule has 1 aliphatic heterocycles. The predicted molar refractivity (Wildman–Crippen MR) is 123 cm³/mol. The zero-order valence-corrected chi connectivity index (χ0v) is 18.4. The maximum absolute atomic E-state index is 13.0. The van der Waals surface area contributed by atoms with E-state index in [0.717, 1.165) is 0 Å². The molecule has 0 fully saturated rings. The van der Waals surface area contributed by atoms with Gasteiger partial charge in [0.15, 0.2) is 17.5 Å². The second-order valence-electron chi connectivity index (χ2n) is 7.18. The molecule has 9 heteroatoms. The standard InChI is InChI=1S/C23H23N3O5S/c1-2-30-11-5-10-26-22(29)16-6-3-4-7-17(16)25-23(26)32-14-19(27)15-8-9-20-18(12-15)24-21(28)13-31-20/h3-4,6-9,12H,2,5,10-11,13-14H2,1H3,(H,24,28). The maximum Gasteiger partial charge on any atom is 0.262 e. The number of carbonyl (C=O) groups is 2. The first-order chi connectivity index (χ1) is 15.6. The zero-order valence-electron chi connectivity index (χ0n) is 17.6. The minimum absolute atomic E-state index is 0.0371. The molecule has 1 aliphatic rings. The van der Waals surface area contributed by atoms with Gasteiger partial charge in [0.25, 0.3) is 11.5 Å². The number of ether oxygens (including phenoxy) is 2. The Morgan fingerprint density at radius 1 is 1.25 bits per heavy atom. The molecule has 2 aromatic carbocycles. The molecule has 1 N–H and O–H groups in total. The van der Waals surface area contributed by atoms with Gasteiger partial charge < -0.3 is 14.8 Å². The number of nitrogens with one attached hydrogen (secondary N) is 1. The van der Waals surface area contributed by atoms with Crippen LogP contribution < -0.4 is 15.6 Å². The van der Waals surface area contributed by atoms with Gasteiger partial charge in [0, 0.05) is 25.3 Å². The minimum atomic E-state index is -0.257. The first kappa shape index (κ1) is 22.0. The van der Waals surface area contributed by atoms with E-state index < -0.39 is 0 Å². The summed E-state index contributed by atoms with van der Waals surface area (Å²) in [6, 6.07) is 12.1.